The summed E-state index contributed by atoms with van der Waals surface area (Å²) >= 11 is 6.02. The van der Waals surface area contributed by atoms with Crippen LogP contribution in [0.15, 0.2) is 18.2 Å². The van der Waals surface area contributed by atoms with E-state index in [0.717, 1.165) is 19.5 Å². The molecule has 0 bridgehead atoms. The van der Waals surface area contributed by atoms with Gasteiger partial charge in [0, 0.05) is 29.7 Å². The van der Waals surface area contributed by atoms with Crippen LogP contribution in [0.5, 0.6) is 0 Å². The number of rotatable bonds is 3. The van der Waals surface area contributed by atoms with Gasteiger partial charge in [-0.15, -0.1) is 0 Å². The average Bonchev–Trinajstić information content (AvgIpc) is 2.31. The molecule has 1 heterocycles. The zero-order valence-corrected chi connectivity index (χ0v) is 11.7. The molecule has 1 fully saturated rings. The fraction of sp³-hybridized carbons (Fsp3) is 0.571. The lowest BCUT2D eigenvalue weighted by molar-refractivity contribution is 0.174. The number of nitrogens with zero attached hydrogens (tertiary/aromatic N) is 1. The van der Waals surface area contributed by atoms with Crippen molar-refractivity contribution in [2.45, 2.75) is 25.9 Å². The van der Waals surface area contributed by atoms with Crippen molar-refractivity contribution in [3.8, 4) is 0 Å². The minimum absolute atomic E-state index is 0.226. The van der Waals surface area contributed by atoms with Gasteiger partial charge in [0.2, 0.25) is 0 Å². The molecule has 1 N–H and O–H groups in total. The lowest BCUT2D eigenvalue weighted by atomic mass is 9.94. The van der Waals surface area contributed by atoms with E-state index >= 15 is 0 Å². The molecule has 100 valence electrons. The van der Waals surface area contributed by atoms with Crippen molar-refractivity contribution in [3.63, 3.8) is 0 Å². The highest BCUT2D eigenvalue weighted by atomic mass is 35.5. The summed E-state index contributed by atoms with van der Waals surface area (Å²) in [7, 11) is 2.14. The molecule has 1 aromatic rings. The van der Waals surface area contributed by atoms with Crippen LogP contribution in [0.4, 0.5) is 4.39 Å². The Bertz CT molecular complexity index is 391. The van der Waals surface area contributed by atoms with Crippen molar-refractivity contribution in [2.24, 2.45) is 5.92 Å². The maximum Gasteiger partial charge on any atom is 0.129 e. The van der Waals surface area contributed by atoms with E-state index in [1.165, 1.54) is 6.07 Å². The summed E-state index contributed by atoms with van der Waals surface area (Å²) in [4.78, 5) is 2.33. The van der Waals surface area contributed by atoms with Crippen LogP contribution in [0.1, 0.15) is 18.9 Å². The van der Waals surface area contributed by atoms with E-state index in [9.17, 15) is 4.39 Å². The summed E-state index contributed by atoms with van der Waals surface area (Å²) in [6, 6.07) is 5.27. The molecule has 1 aromatic carbocycles. The third kappa shape index (κ3) is 3.22. The molecule has 0 radical (unpaired) electrons. The zero-order valence-electron chi connectivity index (χ0n) is 10.9. The second kappa shape index (κ2) is 6.00. The van der Waals surface area contributed by atoms with Gasteiger partial charge < -0.3 is 10.2 Å². The summed E-state index contributed by atoms with van der Waals surface area (Å²) in [6.45, 7) is 4.91. The topological polar surface area (TPSA) is 15.3 Å². The third-order valence-corrected chi connectivity index (χ3v) is 4.07. The Kier molecular flexibility index (Phi) is 4.60. The Balaban J connectivity index is 1.95. The number of benzene rings is 1. The van der Waals surface area contributed by atoms with Gasteiger partial charge in [0.1, 0.15) is 5.82 Å². The van der Waals surface area contributed by atoms with E-state index in [2.05, 4.69) is 24.2 Å². The monoisotopic (exact) mass is 270 g/mol. The van der Waals surface area contributed by atoms with Gasteiger partial charge in [-0.05, 0) is 38.1 Å². The molecule has 1 saturated heterocycles. The second-order valence-electron chi connectivity index (χ2n) is 5.22. The summed E-state index contributed by atoms with van der Waals surface area (Å²) in [6.07, 6.45) is 1.10. The van der Waals surface area contributed by atoms with Gasteiger partial charge in [0.15, 0.2) is 0 Å². The molecule has 18 heavy (non-hydrogen) atoms. The third-order valence-electron chi connectivity index (χ3n) is 3.71. The standard InChI is InChI=1S/C14H20ClFN2/c1-10-9-18(2)7-6-14(10)17-8-11-12(15)4-3-5-13(11)16/h3-5,10,14,17H,6-9H2,1-2H3. The summed E-state index contributed by atoms with van der Waals surface area (Å²) in [5, 5.41) is 3.94. The van der Waals surface area contributed by atoms with Crippen molar-refractivity contribution < 1.29 is 4.39 Å². The van der Waals surface area contributed by atoms with E-state index in [1.54, 1.807) is 12.1 Å². The molecule has 0 amide bonds. The summed E-state index contributed by atoms with van der Waals surface area (Å²) in [5.41, 5.74) is 0.574. The van der Waals surface area contributed by atoms with Gasteiger partial charge in [-0.2, -0.15) is 0 Å². The van der Waals surface area contributed by atoms with Crippen LogP contribution in [-0.2, 0) is 6.54 Å². The van der Waals surface area contributed by atoms with Crippen molar-refractivity contribution in [3.05, 3.63) is 34.6 Å². The van der Waals surface area contributed by atoms with Crippen LogP contribution in [0, 0.1) is 11.7 Å². The molecule has 1 aliphatic heterocycles. The molecule has 0 saturated carbocycles. The van der Waals surface area contributed by atoms with Gasteiger partial charge in [-0.1, -0.05) is 24.6 Å². The normalized spacial score (nSPS) is 25.3. The number of nitrogens with one attached hydrogen (secondary N) is 1. The zero-order chi connectivity index (χ0) is 13.1. The average molecular weight is 271 g/mol. The van der Waals surface area contributed by atoms with Crippen LogP contribution in [0.2, 0.25) is 5.02 Å². The molecule has 2 nitrogen and oxygen atoms in total. The molecule has 0 aliphatic carbocycles. The van der Waals surface area contributed by atoms with Crippen LogP contribution in [0.3, 0.4) is 0 Å². The molecule has 2 rings (SSSR count). The SMILES string of the molecule is CC1CN(C)CCC1NCc1c(F)cccc1Cl. The smallest absolute Gasteiger partial charge is 0.129 e. The molecular weight excluding hydrogens is 251 g/mol. The predicted octanol–water partition coefficient (Wildman–Crippen LogP) is 2.91. The molecule has 1 aliphatic rings. The molecule has 2 unspecified atom stereocenters. The predicted molar refractivity (Wildman–Crippen MR) is 73.3 cm³/mol. The van der Waals surface area contributed by atoms with Crippen molar-refractivity contribution >= 4 is 11.6 Å². The van der Waals surface area contributed by atoms with Gasteiger partial charge in [-0.3, -0.25) is 0 Å². The number of hydrogen-bond acceptors (Lipinski definition) is 2. The first-order valence-electron chi connectivity index (χ1n) is 6.42. The van der Waals surface area contributed by atoms with Crippen LogP contribution < -0.4 is 5.32 Å². The maximum atomic E-state index is 13.6. The minimum Gasteiger partial charge on any atom is -0.309 e. The number of piperidine rings is 1. The molecule has 0 spiro atoms. The maximum absolute atomic E-state index is 13.6. The minimum atomic E-state index is -0.226. The Morgan fingerprint density at radius 1 is 1.50 bits per heavy atom. The summed E-state index contributed by atoms with van der Waals surface area (Å²) in [5.74, 6) is 0.352. The Morgan fingerprint density at radius 2 is 2.28 bits per heavy atom. The van der Waals surface area contributed by atoms with Crippen LogP contribution in [-0.4, -0.2) is 31.1 Å². The van der Waals surface area contributed by atoms with E-state index in [1.807, 2.05) is 0 Å². The highest BCUT2D eigenvalue weighted by molar-refractivity contribution is 6.31. The number of likely N-dealkylation sites (tertiary alicyclic amines) is 1. The fourth-order valence-electron chi connectivity index (χ4n) is 2.59. The van der Waals surface area contributed by atoms with Gasteiger partial charge in [0.05, 0.1) is 0 Å². The Morgan fingerprint density at radius 3 is 2.94 bits per heavy atom. The molecule has 0 aromatic heterocycles. The van der Waals surface area contributed by atoms with Gasteiger partial charge in [0.25, 0.3) is 0 Å². The van der Waals surface area contributed by atoms with Crippen LogP contribution >= 0.6 is 11.6 Å². The first-order chi connectivity index (χ1) is 8.58. The van der Waals surface area contributed by atoms with E-state index in [-0.39, 0.29) is 5.82 Å². The largest absolute Gasteiger partial charge is 0.309 e. The van der Waals surface area contributed by atoms with E-state index in [4.69, 9.17) is 11.6 Å². The summed E-state index contributed by atoms with van der Waals surface area (Å²) < 4.78 is 13.6. The molecule has 2 atom stereocenters. The first-order valence-corrected chi connectivity index (χ1v) is 6.80. The van der Waals surface area contributed by atoms with E-state index < -0.39 is 0 Å². The molecular formula is C14H20ClFN2. The lowest BCUT2D eigenvalue weighted by Crippen LogP contribution is -2.46. The highest BCUT2D eigenvalue weighted by Gasteiger charge is 2.23. The van der Waals surface area contributed by atoms with Crippen molar-refractivity contribution in [2.75, 3.05) is 20.1 Å². The Labute approximate surface area is 113 Å². The van der Waals surface area contributed by atoms with Crippen molar-refractivity contribution in [1.29, 1.82) is 0 Å². The second-order valence-corrected chi connectivity index (χ2v) is 5.62. The Hall–Kier alpha value is -0.640. The van der Waals surface area contributed by atoms with Crippen LogP contribution in [0.25, 0.3) is 0 Å². The lowest BCUT2D eigenvalue weighted by Gasteiger charge is -2.35. The quantitative estimate of drug-likeness (QED) is 0.909. The van der Waals surface area contributed by atoms with Crippen molar-refractivity contribution in [1.82, 2.24) is 10.2 Å². The van der Waals surface area contributed by atoms with Gasteiger partial charge >= 0.3 is 0 Å². The number of hydrogen-bond donors (Lipinski definition) is 1. The van der Waals surface area contributed by atoms with E-state index in [0.29, 0.717) is 29.1 Å². The number of halogens is 2. The first kappa shape index (κ1) is 13.8. The highest BCUT2D eigenvalue weighted by Crippen LogP contribution is 2.21. The van der Waals surface area contributed by atoms with Gasteiger partial charge in [-0.25, -0.2) is 4.39 Å². The molecule has 4 heteroatoms. The fourth-order valence-corrected chi connectivity index (χ4v) is 2.82.